The van der Waals surface area contributed by atoms with Gasteiger partial charge in [0, 0.05) is 33.2 Å². The molecular weight excluding hydrogens is 462 g/mol. The first kappa shape index (κ1) is 20.9. The van der Waals surface area contributed by atoms with E-state index in [0.29, 0.717) is 17.1 Å². The lowest BCUT2D eigenvalue weighted by atomic mass is 10.1. The number of benzene rings is 2. The van der Waals surface area contributed by atoms with E-state index < -0.39 is 5.97 Å². The number of nitrogens with zero attached hydrogens (tertiary/aromatic N) is 1. The normalized spacial score (nSPS) is 12.4. The lowest BCUT2D eigenvalue weighted by molar-refractivity contribution is -0.136. The van der Waals surface area contributed by atoms with Crippen molar-refractivity contribution in [3.8, 4) is 17.2 Å². The van der Waals surface area contributed by atoms with Gasteiger partial charge >= 0.3 is 5.97 Å². The Kier molecular flexibility index (Phi) is 5.95. The molecule has 0 aliphatic carbocycles. The summed E-state index contributed by atoms with van der Waals surface area (Å²) < 4.78 is 18.7. The van der Waals surface area contributed by atoms with E-state index in [9.17, 15) is 9.59 Å². The predicted octanol–water partition coefficient (Wildman–Crippen LogP) is 5.02. The highest BCUT2D eigenvalue weighted by molar-refractivity contribution is 9.10. The van der Waals surface area contributed by atoms with Crippen LogP contribution in [0.5, 0.6) is 11.5 Å². The van der Waals surface area contributed by atoms with Crippen LogP contribution in [-0.2, 0) is 9.53 Å². The van der Waals surface area contributed by atoms with Gasteiger partial charge in [0.15, 0.2) is 18.1 Å². The quantitative estimate of drug-likeness (QED) is 0.280. The molecule has 31 heavy (non-hydrogen) atoms. The number of hydrogen-bond acceptors (Lipinski definition) is 5. The van der Waals surface area contributed by atoms with Crippen LogP contribution in [0.1, 0.15) is 27.3 Å². The van der Waals surface area contributed by atoms with E-state index in [2.05, 4.69) is 15.9 Å². The van der Waals surface area contributed by atoms with E-state index in [-0.39, 0.29) is 19.2 Å². The number of esters is 1. The number of ketones is 1. The summed E-state index contributed by atoms with van der Waals surface area (Å²) in [5, 5.41) is 0. The van der Waals surface area contributed by atoms with Gasteiger partial charge in [0.2, 0.25) is 12.6 Å². The standard InChI is InChI=1S/C24H20BrNO5/c1-15-11-20(16(2)26(15)19-7-5-18(25)6-8-19)21(27)13-29-24(28)10-4-17-3-9-22-23(12-17)31-14-30-22/h3-12H,13-14H2,1-2H3/b10-4+. The summed E-state index contributed by atoms with van der Waals surface area (Å²) in [6, 6.07) is 15.0. The molecule has 1 aromatic heterocycles. The lowest BCUT2D eigenvalue weighted by Gasteiger charge is -2.10. The highest BCUT2D eigenvalue weighted by Gasteiger charge is 2.18. The van der Waals surface area contributed by atoms with Crippen molar-refractivity contribution >= 4 is 33.8 Å². The molecule has 1 aliphatic heterocycles. The number of hydrogen-bond donors (Lipinski definition) is 0. The molecule has 0 saturated carbocycles. The van der Waals surface area contributed by atoms with Gasteiger partial charge in [0.05, 0.1) is 0 Å². The Bertz CT molecular complexity index is 1180. The van der Waals surface area contributed by atoms with Crippen LogP contribution in [0.2, 0.25) is 0 Å². The second-order valence-electron chi connectivity index (χ2n) is 7.07. The van der Waals surface area contributed by atoms with Crippen LogP contribution in [0, 0.1) is 13.8 Å². The third kappa shape index (κ3) is 4.56. The number of carbonyl (C=O) groups excluding carboxylic acids is 2. The molecule has 0 spiro atoms. The first-order valence-corrected chi connectivity index (χ1v) is 10.4. The summed E-state index contributed by atoms with van der Waals surface area (Å²) in [4.78, 5) is 24.7. The zero-order chi connectivity index (χ0) is 22.0. The SMILES string of the molecule is Cc1cc(C(=O)COC(=O)/C=C/c2ccc3c(c2)OCO3)c(C)n1-c1ccc(Br)cc1. The van der Waals surface area contributed by atoms with Gasteiger partial charge in [-0.1, -0.05) is 22.0 Å². The Balaban J connectivity index is 1.40. The van der Waals surface area contributed by atoms with Crippen molar-refractivity contribution < 1.29 is 23.8 Å². The maximum Gasteiger partial charge on any atom is 0.331 e. The molecule has 3 aromatic rings. The summed E-state index contributed by atoms with van der Waals surface area (Å²) in [6.45, 7) is 3.68. The van der Waals surface area contributed by atoms with Crippen LogP contribution in [0.15, 0.2) is 59.1 Å². The number of carbonyl (C=O) groups is 2. The smallest absolute Gasteiger partial charge is 0.331 e. The number of Topliss-reactive ketones (excluding diaryl/α,β-unsaturated/α-hetero) is 1. The highest BCUT2D eigenvalue weighted by Crippen LogP contribution is 2.32. The topological polar surface area (TPSA) is 66.8 Å². The van der Waals surface area contributed by atoms with Crippen molar-refractivity contribution in [2.45, 2.75) is 13.8 Å². The van der Waals surface area contributed by atoms with Crippen LogP contribution in [0.25, 0.3) is 11.8 Å². The summed E-state index contributed by atoms with van der Waals surface area (Å²) in [5.74, 6) is 0.465. The van der Waals surface area contributed by atoms with E-state index in [1.807, 2.05) is 48.7 Å². The molecule has 2 aromatic carbocycles. The van der Waals surface area contributed by atoms with E-state index in [4.69, 9.17) is 14.2 Å². The fraction of sp³-hybridized carbons (Fsp3) is 0.167. The van der Waals surface area contributed by atoms with Crippen molar-refractivity contribution in [3.63, 3.8) is 0 Å². The number of aromatic nitrogens is 1. The van der Waals surface area contributed by atoms with E-state index in [1.54, 1.807) is 24.3 Å². The third-order valence-corrected chi connectivity index (χ3v) is 5.50. The molecule has 0 radical (unpaired) electrons. The minimum absolute atomic E-state index is 0.190. The molecule has 0 atom stereocenters. The van der Waals surface area contributed by atoms with Crippen LogP contribution < -0.4 is 9.47 Å². The molecule has 0 fully saturated rings. The molecule has 0 N–H and O–H groups in total. The Morgan fingerprint density at radius 3 is 2.58 bits per heavy atom. The maximum absolute atomic E-state index is 12.7. The second kappa shape index (κ2) is 8.81. The fourth-order valence-electron chi connectivity index (χ4n) is 3.48. The van der Waals surface area contributed by atoms with Crippen molar-refractivity contribution in [2.24, 2.45) is 0 Å². The van der Waals surface area contributed by atoms with Gasteiger partial charge in [0.25, 0.3) is 0 Å². The average Bonchev–Trinajstić information content (AvgIpc) is 3.34. The van der Waals surface area contributed by atoms with Crippen molar-refractivity contribution in [1.29, 1.82) is 0 Å². The molecule has 0 amide bonds. The van der Waals surface area contributed by atoms with Gasteiger partial charge in [-0.05, 0) is 68.0 Å². The van der Waals surface area contributed by atoms with E-state index >= 15 is 0 Å². The molecule has 4 rings (SSSR count). The Morgan fingerprint density at radius 1 is 1.06 bits per heavy atom. The molecule has 0 saturated heterocycles. The molecule has 7 heteroatoms. The summed E-state index contributed by atoms with van der Waals surface area (Å²) in [6.07, 6.45) is 2.89. The van der Waals surface area contributed by atoms with Crippen LogP contribution in [-0.4, -0.2) is 29.7 Å². The minimum Gasteiger partial charge on any atom is -0.454 e. The summed E-state index contributed by atoms with van der Waals surface area (Å²) in [7, 11) is 0. The second-order valence-corrected chi connectivity index (χ2v) is 7.99. The first-order chi connectivity index (χ1) is 14.9. The molecule has 0 bridgehead atoms. The fourth-order valence-corrected chi connectivity index (χ4v) is 3.74. The highest BCUT2D eigenvalue weighted by atomic mass is 79.9. The number of aryl methyl sites for hydroxylation is 1. The van der Waals surface area contributed by atoms with Crippen LogP contribution >= 0.6 is 15.9 Å². The molecule has 0 unspecified atom stereocenters. The zero-order valence-electron chi connectivity index (χ0n) is 17.1. The minimum atomic E-state index is -0.590. The van der Waals surface area contributed by atoms with Gasteiger partial charge in [-0.2, -0.15) is 0 Å². The zero-order valence-corrected chi connectivity index (χ0v) is 18.6. The Labute approximate surface area is 188 Å². The number of ether oxygens (including phenoxy) is 3. The third-order valence-electron chi connectivity index (χ3n) is 4.97. The average molecular weight is 482 g/mol. The van der Waals surface area contributed by atoms with Crippen molar-refractivity contribution in [2.75, 3.05) is 13.4 Å². The number of fused-ring (bicyclic) bond motifs is 1. The summed E-state index contributed by atoms with van der Waals surface area (Å²) in [5.41, 5.74) is 3.99. The molecule has 2 heterocycles. The monoisotopic (exact) mass is 481 g/mol. The number of rotatable bonds is 6. The Morgan fingerprint density at radius 2 is 1.81 bits per heavy atom. The van der Waals surface area contributed by atoms with Gasteiger partial charge in [-0.3, -0.25) is 4.79 Å². The van der Waals surface area contributed by atoms with E-state index in [0.717, 1.165) is 27.1 Å². The first-order valence-electron chi connectivity index (χ1n) is 9.65. The van der Waals surface area contributed by atoms with Gasteiger partial charge in [0.1, 0.15) is 0 Å². The molecular formula is C24H20BrNO5. The van der Waals surface area contributed by atoms with Crippen LogP contribution in [0.4, 0.5) is 0 Å². The summed E-state index contributed by atoms with van der Waals surface area (Å²) >= 11 is 3.43. The molecule has 6 nitrogen and oxygen atoms in total. The van der Waals surface area contributed by atoms with Gasteiger partial charge in [-0.25, -0.2) is 4.79 Å². The Hall–Kier alpha value is -3.32. The van der Waals surface area contributed by atoms with Gasteiger partial charge < -0.3 is 18.8 Å². The van der Waals surface area contributed by atoms with Crippen molar-refractivity contribution in [3.05, 3.63) is 81.6 Å². The van der Waals surface area contributed by atoms with Crippen molar-refractivity contribution in [1.82, 2.24) is 4.57 Å². The maximum atomic E-state index is 12.7. The van der Waals surface area contributed by atoms with Crippen LogP contribution in [0.3, 0.4) is 0 Å². The largest absolute Gasteiger partial charge is 0.454 e. The predicted molar refractivity (Wildman–Crippen MR) is 120 cm³/mol. The molecule has 158 valence electrons. The lowest BCUT2D eigenvalue weighted by Crippen LogP contribution is -2.13. The van der Waals surface area contributed by atoms with Gasteiger partial charge in [-0.15, -0.1) is 0 Å². The molecule has 1 aliphatic rings. The number of halogens is 1. The van der Waals surface area contributed by atoms with E-state index in [1.165, 1.54) is 6.08 Å².